The fourth-order valence-electron chi connectivity index (χ4n) is 0.571. The first-order chi connectivity index (χ1) is 3.93. The van der Waals surface area contributed by atoms with Gasteiger partial charge >= 0.3 is 0 Å². The van der Waals surface area contributed by atoms with E-state index in [1.807, 2.05) is 17.4 Å². The summed E-state index contributed by atoms with van der Waals surface area (Å²) in [5.74, 6) is 0.972. The van der Waals surface area contributed by atoms with E-state index in [4.69, 9.17) is 4.42 Å². The first kappa shape index (κ1) is 5.38. The molecule has 2 heteroatoms. The molecule has 0 aliphatic heterocycles. The van der Waals surface area contributed by atoms with Crippen molar-refractivity contribution in [1.29, 1.82) is 0 Å². The van der Waals surface area contributed by atoms with E-state index in [0.717, 1.165) is 12.3 Å². The molecule has 1 heterocycles. The predicted octanol–water partition coefficient (Wildman–Crippen LogP) is 0.135. The Hall–Kier alpha value is -0.760. The Bertz CT molecular complexity index is 134. The van der Waals surface area contributed by atoms with Crippen LogP contribution in [-0.2, 0) is 6.54 Å². The van der Waals surface area contributed by atoms with Gasteiger partial charge in [-0.1, -0.05) is 0 Å². The summed E-state index contributed by atoms with van der Waals surface area (Å²) in [6, 6.07) is 3.81. The predicted molar refractivity (Wildman–Crippen MR) is 29.7 cm³/mol. The third kappa shape index (κ3) is 1.10. The fourth-order valence-corrected chi connectivity index (χ4v) is 0.571. The van der Waals surface area contributed by atoms with Gasteiger partial charge in [-0.05, 0) is 12.1 Å². The van der Waals surface area contributed by atoms with Crippen LogP contribution >= 0.6 is 0 Å². The van der Waals surface area contributed by atoms with Gasteiger partial charge in [0.2, 0.25) is 0 Å². The summed E-state index contributed by atoms with van der Waals surface area (Å²) < 4.78 is 5.00. The summed E-state index contributed by atoms with van der Waals surface area (Å²) in [5, 5.41) is 1.82. The van der Waals surface area contributed by atoms with Crippen molar-refractivity contribution >= 4 is 0 Å². The average Bonchev–Trinajstić information content (AvgIpc) is 2.19. The second kappa shape index (κ2) is 2.52. The van der Waals surface area contributed by atoms with E-state index in [-0.39, 0.29) is 0 Å². The molecule has 1 aromatic heterocycles. The summed E-state index contributed by atoms with van der Waals surface area (Å²) in [7, 11) is 3.58. The van der Waals surface area contributed by atoms with Crippen LogP contribution in [0.4, 0.5) is 0 Å². The van der Waals surface area contributed by atoms with Gasteiger partial charge in [-0.2, -0.15) is 7.05 Å². The number of hydrogen-bond acceptors (Lipinski definition) is 1. The minimum absolute atomic E-state index is 0.826. The van der Waals surface area contributed by atoms with E-state index in [0.29, 0.717) is 0 Å². The van der Waals surface area contributed by atoms with Gasteiger partial charge in [0.1, 0.15) is 6.54 Å². The third-order valence-corrected chi connectivity index (χ3v) is 0.926. The third-order valence-electron chi connectivity index (χ3n) is 0.926. The summed E-state index contributed by atoms with van der Waals surface area (Å²) in [4.78, 5) is 0. The van der Waals surface area contributed by atoms with E-state index in [9.17, 15) is 0 Å². The zero-order valence-electron chi connectivity index (χ0n) is 4.63. The molecule has 0 bridgehead atoms. The molecule has 0 aliphatic rings. The number of rotatable bonds is 2. The van der Waals surface area contributed by atoms with E-state index >= 15 is 0 Å². The second-order valence-corrected chi connectivity index (χ2v) is 1.57. The molecular formula is C6H9NO. The number of hydrogen-bond donors (Lipinski definition) is 1. The highest BCUT2D eigenvalue weighted by molar-refractivity contribution is 4.95. The number of quaternary nitrogens is 1. The van der Waals surface area contributed by atoms with Gasteiger partial charge in [0.15, 0.2) is 5.76 Å². The largest absolute Gasteiger partial charge is 0.473 e. The van der Waals surface area contributed by atoms with Crippen LogP contribution in [0.3, 0.4) is 0 Å². The van der Waals surface area contributed by atoms with Gasteiger partial charge in [-0.25, -0.2) is 0 Å². The molecule has 1 rings (SSSR count). The van der Waals surface area contributed by atoms with Gasteiger partial charge in [0.25, 0.3) is 0 Å². The van der Waals surface area contributed by atoms with Gasteiger partial charge in [0, 0.05) is 0 Å². The molecule has 2 nitrogen and oxygen atoms in total. The maximum Gasteiger partial charge on any atom is 0.155 e. The lowest BCUT2D eigenvalue weighted by molar-refractivity contribution is -0.614. The van der Waals surface area contributed by atoms with Gasteiger partial charge in [-0.15, -0.1) is 0 Å². The first-order valence-electron chi connectivity index (χ1n) is 2.57. The zero-order valence-corrected chi connectivity index (χ0v) is 4.63. The summed E-state index contributed by atoms with van der Waals surface area (Å²) >= 11 is 0. The molecule has 8 heavy (non-hydrogen) atoms. The maximum atomic E-state index is 5.00. The molecule has 0 saturated carbocycles. The first-order valence-corrected chi connectivity index (χ1v) is 2.57. The number of nitrogens with two attached hydrogens (primary N) is 1. The van der Waals surface area contributed by atoms with Crippen LogP contribution in [0.5, 0.6) is 0 Å². The van der Waals surface area contributed by atoms with Crippen molar-refractivity contribution in [3.8, 4) is 0 Å². The molecule has 0 saturated heterocycles. The molecule has 0 aromatic carbocycles. The smallest absolute Gasteiger partial charge is 0.155 e. The van der Waals surface area contributed by atoms with Crippen molar-refractivity contribution in [3.05, 3.63) is 31.2 Å². The molecule has 0 aliphatic carbocycles. The Labute approximate surface area is 48.5 Å². The van der Waals surface area contributed by atoms with Crippen LogP contribution in [0.2, 0.25) is 0 Å². The van der Waals surface area contributed by atoms with E-state index in [2.05, 4.69) is 7.05 Å². The topological polar surface area (TPSA) is 29.8 Å². The van der Waals surface area contributed by atoms with Gasteiger partial charge in [0.05, 0.1) is 6.26 Å². The second-order valence-electron chi connectivity index (χ2n) is 1.57. The lowest BCUT2D eigenvalue weighted by Gasteiger charge is -1.92. The van der Waals surface area contributed by atoms with Crippen LogP contribution < -0.4 is 5.32 Å². The minimum atomic E-state index is 0.826. The van der Waals surface area contributed by atoms with Crippen LogP contribution in [0.25, 0.3) is 0 Å². The molecular weight excluding hydrogens is 102 g/mol. The van der Waals surface area contributed by atoms with Crippen LogP contribution in [0.1, 0.15) is 5.76 Å². The van der Waals surface area contributed by atoms with Crippen LogP contribution in [0.15, 0.2) is 22.8 Å². The molecule has 44 valence electrons. The average molecular weight is 111 g/mol. The SMILES string of the molecule is [CH2-][NH2+]Cc1ccco1. The van der Waals surface area contributed by atoms with Crippen molar-refractivity contribution < 1.29 is 9.73 Å². The Balaban J connectivity index is 2.50. The molecule has 2 N–H and O–H groups in total. The summed E-state index contributed by atoms with van der Waals surface area (Å²) in [6.07, 6.45) is 1.67. The van der Waals surface area contributed by atoms with Crippen molar-refractivity contribution in [1.82, 2.24) is 0 Å². The molecule has 0 atom stereocenters. The molecule has 0 unspecified atom stereocenters. The van der Waals surface area contributed by atoms with Crippen molar-refractivity contribution in [2.45, 2.75) is 6.54 Å². The van der Waals surface area contributed by atoms with Gasteiger partial charge in [-0.3, -0.25) is 0 Å². The molecule has 0 fully saturated rings. The summed E-state index contributed by atoms with van der Waals surface area (Å²) in [5.41, 5.74) is 0. The number of furan rings is 1. The molecule has 0 radical (unpaired) electrons. The normalized spacial score (nSPS) is 9.62. The van der Waals surface area contributed by atoms with Crippen LogP contribution in [-0.4, -0.2) is 0 Å². The standard InChI is InChI=1S/C6H9NO/c1-7-5-6-3-2-4-8-6/h2-4H,1,5,7H2. The van der Waals surface area contributed by atoms with Crippen LogP contribution in [0, 0.1) is 7.05 Å². The quantitative estimate of drug-likeness (QED) is 0.540. The van der Waals surface area contributed by atoms with Crippen molar-refractivity contribution in [3.63, 3.8) is 0 Å². The fraction of sp³-hybridized carbons (Fsp3) is 0.167. The Kier molecular flexibility index (Phi) is 1.70. The highest BCUT2D eigenvalue weighted by Crippen LogP contribution is 1.95. The Morgan fingerprint density at radius 3 is 3.12 bits per heavy atom. The van der Waals surface area contributed by atoms with E-state index in [1.54, 1.807) is 6.26 Å². The minimum Gasteiger partial charge on any atom is -0.473 e. The lowest BCUT2D eigenvalue weighted by atomic mass is 10.4. The van der Waals surface area contributed by atoms with Crippen molar-refractivity contribution in [2.75, 3.05) is 0 Å². The maximum absolute atomic E-state index is 5.00. The van der Waals surface area contributed by atoms with E-state index < -0.39 is 0 Å². The zero-order chi connectivity index (χ0) is 5.82. The highest BCUT2D eigenvalue weighted by atomic mass is 16.3. The monoisotopic (exact) mass is 111 g/mol. The van der Waals surface area contributed by atoms with E-state index in [1.165, 1.54) is 0 Å². The molecule has 0 amide bonds. The molecule has 1 aromatic rings. The van der Waals surface area contributed by atoms with Crippen molar-refractivity contribution in [2.24, 2.45) is 0 Å². The molecule has 0 spiro atoms. The lowest BCUT2D eigenvalue weighted by Crippen LogP contribution is -2.74. The Morgan fingerprint density at radius 2 is 2.62 bits per heavy atom. The Morgan fingerprint density at radius 1 is 1.75 bits per heavy atom. The highest BCUT2D eigenvalue weighted by Gasteiger charge is 1.89. The van der Waals surface area contributed by atoms with Gasteiger partial charge < -0.3 is 9.73 Å². The summed E-state index contributed by atoms with van der Waals surface area (Å²) in [6.45, 7) is 0.826.